The zero-order valence-corrected chi connectivity index (χ0v) is 10.7. The van der Waals surface area contributed by atoms with E-state index in [4.69, 9.17) is 5.73 Å². The lowest BCUT2D eigenvalue weighted by atomic mass is 10.2. The summed E-state index contributed by atoms with van der Waals surface area (Å²) in [7, 11) is 0. The van der Waals surface area contributed by atoms with Gasteiger partial charge in [-0.15, -0.1) is 0 Å². The molecule has 2 aromatic carbocycles. The lowest BCUT2D eigenvalue weighted by molar-refractivity contribution is 0.100. The van der Waals surface area contributed by atoms with E-state index in [0.717, 1.165) is 12.1 Å². The number of benzene rings is 2. The fourth-order valence-corrected chi connectivity index (χ4v) is 1.59. The number of hydrogen-bond donors (Lipinski definition) is 3. The van der Waals surface area contributed by atoms with Gasteiger partial charge < -0.3 is 16.4 Å². The highest BCUT2D eigenvalue weighted by atomic mass is 19.2. The Hall–Kier alpha value is -2.96. The Bertz CT molecular complexity index is 687. The summed E-state index contributed by atoms with van der Waals surface area (Å²) < 4.78 is 25.7. The van der Waals surface area contributed by atoms with E-state index in [0.29, 0.717) is 11.3 Å². The minimum atomic E-state index is -1.06. The quantitative estimate of drug-likeness (QED) is 0.812. The van der Waals surface area contributed by atoms with Crippen LogP contribution in [0, 0.1) is 11.6 Å². The van der Waals surface area contributed by atoms with Crippen LogP contribution < -0.4 is 16.4 Å². The van der Waals surface area contributed by atoms with Crippen LogP contribution in [0.1, 0.15) is 10.4 Å². The Morgan fingerprint density at radius 1 is 0.857 bits per heavy atom. The van der Waals surface area contributed by atoms with Gasteiger partial charge in [0.15, 0.2) is 11.6 Å². The summed E-state index contributed by atoms with van der Waals surface area (Å²) in [5, 5.41) is 4.82. The summed E-state index contributed by atoms with van der Waals surface area (Å²) in [5.74, 6) is -2.63. The number of hydrogen-bond acceptors (Lipinski definition) is 2. The zero-order valence-electron chi connectivity index (χ0n) is 10.7. The molecule has 0 bridgehead atoms. The number of anilines is 2. The van der Waals surface area contributed by atoms with Crippen molar-refractivity contribution in [2.75, 3.05) is 10.6 Å². The van der Waals surface area contributed by atoms with Crippen LogP contribution in [0.3, 0.4) is 0 Å². The van der Waals surface area contributed by atoms with Gasteiger partial charge in [0.05, 0.1) is 0 Å². The van der Waals surface area contributed by atoms with Gasteiger partial charge in [-0.3, -0.25) is 4.79 Å². The van der Waals surface area contributed by atoms with E-state index in [1.165, 1.54) is 30.3 Å². The first kappa shape index (κ1) is 14.4. The third-order valence-corrected chi connectivity index (χ3v) is 2.60. The van der Waals surface area contributed by atoms with E-state index in [-0.39, 0.29) is 5.69 Å². The smallest absolute Gasteiger partial charge is 0.323 e. The topological polar surface area (TPSA) is 84.2 Å². The lowest BCUT2D eigenvalue weighted by Crippen LogP contribution is -2.19. The highest BCUT2D eigenvalue weighted by molar-refractivity contribution is 6.00. The van der Waals surface area contributed by atoms with Crippen LogP contribution in [0.15, 0.2) is 42.5 Å². The molecule has 0 radical (unpaired) electrons. The zero-order chi connectivity index (χ0) is 15.4. The van der Waals surface area contributed by atoms with Crippen molar-refractivity contribution < 1.29 is 18.4 Å². The van der Waals surface area contributed by atoms with Crippen LogP contribution in [-0.4, -0.2) is 11.9 Å². The van der Waals surface area contributed by atoms with Gasteiger partial charge in [0, 0.05) is 23.0 Å². The van der Waals surface area contributed by atoms with Gasteiger partial charge >= 0.3 is 6.03 Å². The standard InChI is InChI=1S/C14H11F2N3O2/c15-11-6-5-10(7-12(11)16)19-14(21)18-9-3-1-8(2-4-9)13(17)20/h1-7H,(H2,17,20)(H2,18,19,21). The third kappa shape index (κ3) is 3.75. The van der Waals surface area contributed by atoms with Crippen LogP contribution in [0.25, 0.3) is 0 Å². The molecule has 0 aliphatic rings. The van der Waals surface area contributed by atoms with Crippen molar-refractivity contribution >= 4 is 23.3 Å². The maximum atomic E-state index is 13.0. The van der Waals surface area contributed by atoms with Gasteiger partial charge in [0.25, 0.3) is 0 Å². The van der Waals surface area contributed by atoms with E-state index >= 15 is 0 Å². The largest absolute Gasteiger partial charge is 0.366 e. The van der Waals surface area contributed by atoms with E-state index in [9.17, 15) is 18.4 Å². The van der Waals surface area contributed by atoms with Crippen molar-refractivity contribution in [3.8, 4) is 0 Å². The molecule has 0 heterocycles. The first-order valence-electron chi connectivity index (χ1n) is 5.88. The molecule has 0 saturated carbocycles. The molecule has 0 spiro atoms. The van der Waals surface area contributed by atoms with Gasteiger partial charge in [-0.25, -0.2) is 13.6 Å². The third-order valence-electron chi connectivity index (χ3n) is 2.60. The molecule has 0 aliphatic heterocycles. The molecule has 3 amide bonds. The molecule has 2 rings (SSSR count). The predicted octanol–water partition coefficient (Wildman–Crippen LogP) is 2.71. The van der Waals surface area contributed by atoms with Crippen LogP contribution in [-0.2, 0) is 0 Å². The van der Waals surface area contributed by atoms with Crippen molar-refractivity contribution in [1.82, 2.24) is 0 Å². The molecule has 0 fully saturated rings. The number of primary amides is 1. The molecule has 5 nitrogen and oxygen atoms in total. The Balaban J connectivity index is 2.01. The first-order valence-corrected chi connectivity index (χ1v) is 5.88. The van der Waals surface area contributed by atoms with Crippen LogP contribution in [0.2, 0.25) is 0 Å². The molecule has 2 aromatic rings. The molecule has 0 unspecified atom stereocenters. The van der Waals surface area contributed by atoms with Crippen LogP contribution >= 0.6 is 0 Å². The second kappa shape index (κ2) is 6.00. The Morgan fingerprint density at radius 3 is 2.00 bits per heavy atom. The van der Waals surface area contributed by atoms with Crippen LogP contribution in [0.4, 0.5) is 25.0 Å². The van der Waals surface area contributed by atoms with Crippen molar-refractivity contribution in [2.45, 2.75) is 0 Å². The number of nitrogens with one attached hydrogen (secondary N) is 2. The van der Waals surface area contributed by atoms with Crippen LogP contribution in [0.5, 0.6) is 0 Å². The number of halogens is 2. The number of carbonyl (C=O) groups is 2. The summed E-state index contributed by atoms with van der Waals surface area (Å²) >= 11 is 0. The van der Waals surface area contributed by atoms with E-state index in [1.807, 2.05) is 0 Å². The average molecular weight is 291 g/mol. The molecule has 0 aromatic heterocycles. The van der Waals surface area contributed by atoms with E-state index in [2.05, 4.69) is 10.6 Å². The van der Waals surface area contributed by atoms with Gasteiger partial charge in [0.1, 0.15) is 0 Å². The minimum Gasteiger partial charge on any atom is -0.366 e. The Labute approximate surface area is 118 Å². The summed E-state index contributed by atoms with van der Waals surface area (Å²) in [6.45, 7) is 0. The second-order valence-corrected chi connectivity index (χ2v) is 4.15. The predicted molar refractivity (Wildman–Crippen MR) is 74.0 cm³/mol. The van der Waals surface area contributed by atoms with Gasteiger partial charge in [-0.05, 0) is 36.4 Å². The van der Waals surface area contributed by atoms with Crippen molar-refractivity contribution in [3.63, 3.8) is 0 Å². The average Bonchev–Trinajstić information content (AvgIpc) is 2.43. The van der Waals surface area contributed by atoms with E-state index < -0.39 is 23.6 Å². The Morgan fingerprint density at radius 2 is 1.43 bits per heavy atom. The first-order chi connectivity index (χ1) is 9.95. The molecular weight excluding hydrogens is 280 g/mol. The molecular formula is C14H11F2N3O2. The molecule has 7 heteroatoms. The highest BCUT2D eigenvalue weighted by Crippen LogP contribution is 2.14. The number of amides is 3. The maximum absolute atomic E-state index is 13.0. The van der Waals surface area contributed by atoms with Crippen molar-refractivity contribution in [2.24, 2.45) is 5.73 Å². The SMILES string of the molecule is NC(=O)c1ccc(NC(=O)Nc2ccc(F)c(F)c2)cc1. The van der Waals surface area contributed by atoms with Gasteiger partial charge in [0.2, 0.25) is 5.91 Å². The van der Waals surface area contributed by atoms with Crippen molar-refractivity contribution in [3.05, 3.63) is 59.7 Å². The van der Waals surface area contributed by atoms with Gasteiger partial charge in [-0.1, -0.05) is 0 Å². The van der Waals surface area contributed by atoms with Gasteiger partial charge in [-0.2, -0.15) is 0 Å². The molecule has 0 atom stereocenters. The fraction of sp³-hybridized carbons (Fsp3) is 0. The summed E-state index contributed by atoms with van der Waals surface area (Å²) in [4.78, 5) is 22.6. The van der Waals surface area contributed by atoms with E-state index in [1.54, 1.807) is 0 Å². The molecule has 4 N–H and O–H groups in total. The summed E-state index contributed by atoms with van der Waals surface area (Å²) in [5.41, 5.74) is 5.92. The normalized spacial score (nSPS) is 10.0. The fourth-order valence-electron chi connectivity index (χ4n) is 1.59. The van der Waals surface area contributed by atoms with Crippen molar-refractivity contribution in [1.29, 1.82) is 0 Å². The Kier molecular flexibility index (Phi) is 4.13. The number of urea groups is 1. The number of rotatable bonds is 3. The monoisotopic (exact) mass is 291 g/mol. The molecule has 108 valence electrons. The molecule has 0 aliphatic carbocycles. The highest BCUT2D eigenvalue weighted by Gasteiger charge is 2.07. The summed E-state index contributed by atoms with van der Waals surface area (Å²) in [6, 6.07) is 8.26. The second-order valence-electron chi connectivity index (χ2n) is 4.15. The lowest BCUT2D eigenvalue weighted by Gasteiger charge is -2.08. The number of carbonyl (C=O) groups excluding carboxylic acids is 2. The maximum Gasteiger partial charge on any atom is 0.323 e. The molecule has 0 saturated heterocycles. The molecule has 21 heavy (non-hydrogen) atoms. The number of nitrogens with two attached hydrogens (primary N) is 1. The summed E-state index contributed by atoms with van der Waals surface area (Å²) in [6.07, 6.45) is 0. The minimum absolute atomic E-state index is 0.111.